The number of benzene rings is 1. The van der Waals surface area contributed by atoms with Gasteiger partial charge in [0.15, 0.2) is 0 Å². The van der Waals surface area contributed by atoms with Gasteiger partial charge in [-0.05, 0) is 29.5 Å². The maximum Gasteiger partial charge on any atom is 0.137 e. The first-order valence-corrected chi connectivity index (χ1v) is 8.25. The number of piperazine rings is 1. The van der Waals surface area contributed by atoms with Crippen molar-refractivity contribution in [3.05, 3.63) is 29.3 Å². The summed E-state index contributed by atoms with van der Waals surface area (Å²) < 4.78 is 6.15. The number of ether oxygens (including phenoxy) is 1. The number of aryl methyl sites for hydroxylation is 1. The van der Waals surface area contributed by atoms with Gasteiger partial charge in [0.2, 0.25) is 0 Å². The van der Waals surface area contributed by atoms with E-state index in [-0.39, 0.29) is 5.41 Å². The summed E-state index contributed by atoms with van der Waals surface area (Å²) in [6.45, 7) is 15.9. The average Bonchev–Trinajstić information content (AvgIpc) is 2.40. The van der Waals surface area contributed by atoms with E-state index in [0.29, 0.717) is 0 Å². The van der Waals surface area contributed by atoms with Crippen molar-refractivity contribution in [2.24, 2.45) is 0 Å². The molecule has 1 aromatic carbocycles. The van der Waals surface area contributed by atoms with Gasteiger partial charge in [0.1, 0.15) is 45.1 Å². The minimum Gasteiger partial charge on any atom is -0.487 e. The molecule has 0 aromatic heterocycles. The highest BCUT2D eigenvalue weighted by atomic mass is 16.5. The molecular weight excluding hydrogens is 260 g/mol. The highest BCUT2D eigenvalue weighted by Gasteiger charge is 2.21. The first-order valence-electron chi connectivity index (χ1n) is 8.25. The van der Waals surface area contributed by atoms with Crippen molar-refractivity contribution in [1.82, 2.24) is 0 Å². The summed E-state index contributed by atoms with van der Waals surface area (Å²) >= 11 is 0. The number of rotatable bonds is 4. The van der Waals surface area contributed by atoms with Crippen LogP contribution in [0.4, 0.5) is 0 Å². The molecular formula is C18H32N2O+2. The normalized spacial score (nSPS) is 23.1. The van der Waals surface area contributed by atoms with Gasteiger partial charge < -0.3 is 14.5 Å². The van der Waals surface area contributed by atoms with Crippen LogP contribution in [0, 0.1) is 6.92 Å². The SMILES string of the molecule is Cc1ccc(C(C)(C)C)c(OCC[NH+]2CC[NH+](C)CC2)c1. The summed E-state index contributed by atoms with van der Waals surface area (Å²) in [4.78, 5) is 3.35. The van der Waals surface area contributed by atoms with Crippen molar-refractivity contribution < 1.29 is 14.5 Å². The summed E-state index contributed by atoms with van der Waals surface area (Å²) in [7, 11) is 2.29. The third-order valence-electron chi connectivity index (χ3n) is 4.47. The second-order valence-electron chi connectivity index (χ2n) is 7.56. The lowest BCUT2D eigenvalue weighted by atomic mass is 9.86. The molecule has 0 atom stereocenters. The predicted molar refractivity (Wildman–Crippen MR) is 87.6 cm³/mol. The maximum atomic E-state index is 6.15. The van der Waals surface area contributed by atoms with Crippen LogP contribution in [0.2, 0.25) is 0 Å². The van der Waals surface area contributed by atoms with Gasteiger partial charge >= 0.3 is 0 Å². The van der Waals surface area contributed by atoms with Gasteiger partial charge in [-0.1, -0.05) is 32.9 Å². The number of nitrogens with one attached hydrogen (secondary N) is 2. The Morgan fingerprint density at radius 3 is 2.38 bits per heavy atom. The summed E-state index contributed by atoms with van der Waals surface area (Å²) in [6.07, 6.45) is 0. The molecule has 0 spiro atoms. The number of likely N-dealkylation sites (N-methyl/N-ethyl adjacent to an activating group) is 1. The van der Waals surface area contributed by atoms with Crippen LogP contribution in [0.5, 0.6) is 5.75 Å². The van der Waals surface area contributed by atoms with Crippen molar-refractivity contribution in [3.8, 4) is 5.75 Å². The van der Waals surface area contributed by atoms with Gasteiger partial charge in [-0.3, -0.25) is 0 Å². The van der Waals surface area contributed by atoms with Crippen LogP contribution in [-0.4, -0.2) is 46.4 Å². The van der Waals surface area contributed by atoms with Crippen molar-refractivity contribution >= 4 is 0 Å². The lowest BCUT2D eigenvalue weighted by molar-refractivity contribution is -1.00. The van der Waals surface area contributed by atoms with E-state index in [9.17, 15) is 0 Å². The molecule has 1 aromatic rings. The quantitative estimate of drug-likeness (QED) is 0.805. The molecule has 0 unspecified atom stereocenters. The molecule has 0 saturated carbocycles. The fourth-order valence-corrected chi connectivity index (χ4v) is 2.95. The topological polar surface area (TPSA) is 18.1 Å². The zero-order valence-electron chi connectivity index (χ0n) is 14.4. The van der Waals surface area contributed by atoms with E-state index >= 15 is 0 Å². The molecule has 0 radical (unpaired) electrons. The molecule has 0 aliphatic carbocycles. The molecule has 21 heavy (non-hydrogen) atoms. The molecule has 118 valence electrons. The lowest BCUT2D eigenvalue weighted by Gasteiger charge is -2.28. The van der Waals surface area contributed by atoms with Gasteiger partial charge in [-0.2, -0.15) is 0 Å². The Labute approximate surface area is 129 Å². The van der Waals surface area contributed by atoms with Crippen molar-refractivity contribution in [2.75, 3.05) is 46.4 Å². The Bertz CT molecular complexity index is 457. The lowest BCUT2D eigenvalue weighted by Crippen LogP contribution is -3.27. The van der Waals surface area contributed by atoms with E-state index in [0.717, 1.165) is 18.9 Å². The Balaban J connectivity index is 1.92. The Morgan fingerprint density at radius 2 is 1.76 bits per heavy atom. The van der Waals surface area contributed by atoms with Crippen LogP contribution in [-0.2, 0) is 5.41 Å². The number of hydrogen-bond acceptors (Lipinski definition) is 1. The summed E-state index contributed by atoms with van der Waals surface area (Å²) in [6, 6.07) is 6.59. The molecule has 0 bridgehead atoms. The van der Waals surface area contributed by atoms with Gasteiger partial charge in [0.05, 0.1) is 7.05 Å². The molecule has 1 heterocycles. The average molecular weight is 292 g/mol. The van der Waals surface area contributed by atoms with Crippen LogP contribution in [0.3, 0.4) is 0 Å². The van der Waals surface area contributed by atoms with E-state index < -0.39 is 0 Å². The zero-order valence-corrected chi connectivity index (χ0v) is 14.4. The Hall–Kier alpha value is -1.06. The summed E-state index contributed by atoms with van der Waals surface area (Å²) in [5.41, 5.74) is 2.71. The number of hydrogen-bond donors (Lipinski definition) is 2. The van der Waals surface area contributed by atoms with Crippen LogP contribution in [0.25, 0.3) is 0 Å². The zero-order chi connectivity index (χ0) is 15.5. The maximum absolute atomic E-state index is 6.15. The largest absolute Gasteiger partial charge is 0.487 e. The molecule has 0 amide bonds. The fourth-order valence-electron chi connectivity index (χ4n) is 2.95. The molecule has 3 heteroatoms. The second-order valence-corrected chi connectivity index (χ2v) is 7.56. The van der Waals surface area contributed by atoms with Crippen LogP contribution in [0.1, 0.15) is 31.9 Å². The van der Waals surface area contributed by atoms with Crippen LogP contribution >= 0.6 is 0 Å². The van der Waals surface area contributed by atoms with Crippen molar-refractivity contribution in [2.45, 2.75) is 33.1 Å². The predicted octanol–water partition coefficient (Wildman–Crippen LogP) is 0.0845. The number of quaternary nitrogens is 2. The Morgan fingerprint density at radius 1 is 1.10 bits per heavy atom. The third kappa shape index (κ3) is 4.72. The molecule has 2 N–H and O–H groups in total. The first kappa shape index (κ1) is 16.3. The smallest absolute Gasteiger partial charge is 0.137 e. The summed E-state index contributed by atoms with van der Waals surface area (Å²) in [5, 5.41) is 0. The van der Waals surface area contributed by atoms with Crippen LogP contribution in [0.15, 0.2) is 18.2 Å². The standard InChI is InChI=1S/C18H30N2O/c1-15-6-7-16(18(2,3)4)17(14-15)21-13-12-20-10-8-19(5)9-11-20/h6-7,14H,8-13H2,1-5H3/p+2. The van der Waals surface area contributed by atoms with Gasteiger partial charge in [-0.15, -0.1) is 0 Å². The first-order chi connectivity index (χ1) is 9.86. The minimum atomic E-state index is 0.132. The second kappa shape index (κ2) is 6.80. The minimum absolute atomic E-state index is 0.132. The fraction of sp³-hybridized carbons (Fsp3) is 0.667. The van der Waals surface area contributed by atoms with E-state index in [2.05, 4.69) is 52.9 Å². The van der Waals surface area contributed by atoms with Gasteiger partial charge in [-0.25, -0.2) is 0 Å². The third-order valence-corrected chi connectivity index (χ3v) is 4.47. The van der Waals surface area contributed by atoms with Crippen LogP contribution < -0.4 is 14.5 Å². The highest BCUT2D eigenvalue weighted by molar-refractivity contribution is 5.41. The Kier molecular flexibility index (Phi) is 5.28. The van der Waals surface area contributed by atoms with E-state index in [1.165, 1.54) is 37.3 Å². The van der Waals surface area contributed by atoms with E-state index in [1.807, 2.05) is 0 Å². The summed E-state index contributed by atoms with van der Waals surface area (Å²) in [5.74, 6) is 1.07. The van der Waals surface area contributed by atoms with Gasteiger partial charge in [0.25, 0.3) is 0 Å². The van der Waals surface area contributed by atoms with Crippen molar-refractivity contribution in [3.63, 3.8) is 0 Å². The highest BCUT2D eigenvalue weighted by Crippen LogP contribution is 2.31. The monoisotopic (exact) mass is 292 g/mol. The van der Waals surface area contributed by atoms with Gasteiger partial charge in [0, 0.05) is 0 Å². The molecule has 1 aliphatic heterocycles. The molecule has 1 fully saturated rings. The molecule has 2 rings (SSSR count). The molecule has 3 nitrogen and oxygen atoms in total. The van der Waals surface area contributed by atoms with E-state index in [4.69, 9.17) is 4.74 Å². The van der Waals surface area contributed by atoms with Crippen molar-refractivity contribution in [1.29, 1.82) is 0 Å². The molecule has 1 aliphatic rings. The molecule has 1 saturated heterocycles. The van der Waals surface area contributed by atoms with E-state index in [1.54, 1.807) is 9.80 Å².